The third kappa shape index (κ3) is 4.17. The van der Waals surface area contributed by atoms with Crippen molar-refractivity contribution in [1.82, 2.24) is 5.32 Å². The molecule has 0 aliphatic carbocycles. The van der Waals surface area contributed by atoms with E-state index in [1.807, 2.05) is 0 Å². The highest BCUT2D eigenvalue weighted by Crippen LogP contribution is 2.17. The summed E-state index contributed by atoms with van der Waals surface area (Å²) < 4.78 is 5.09. The highest BCUT2D eigenvalue weighted by atomic mass is 16.5. The Bertz CT molecular complexity index is 457. The third-order valence-electron chi connectivity index (χ3n) is 2.15. The van der Waals surface area contributed by atoms with Gasteiger partial charge >= 0.3 is 5.97 Å². The molecule has 0 bridgehead atoms. The van der Waals surface area contributed by atoms with Gasteiger partial charge in [-0.15, -0.1) is 0 Å². The Kier molecular flexibility index (Phi) is 5.05. The van der Waals surface area contributed by atoms with Crippen molar-refractivity contribution in [3.63, 3.8) is 0 Å². The van der Waals surface area contributed by atoms with E-state index in [4.69, 9.17) is 9.84 Å². The molecule has 0 atom stereocenters. The van der Waals surface area contributed by atoms with E-state index in [2.05, 4.69) is 17.2 Å². The van der Waals surface area contributed by atoms with Crippen LogP contribution in [0.5, 0.6) is 5.75 Å². The van der Waals surface area contributed by atoms with Gasteiger partial charge in [0.25, 0.3) is 0 Å². The van der Waals surface area contributed by atoms with E-state index in [9.17, 15) is 4.79 Å². The van der Waals surface area contributed by atoms with Gasteiger partial charge in [0, 0.05) is 5.56 Å². The van der Waals surface area contributed by atoms with Crippen molar-refractivity contribution in [1.29, 1.82) is 0 Å². The number of hydrogen-bond acceptors (Lipinski definition) is 3. The van der Waals surface area contributed by atoms with E-state index >= 15 is 0 Å². The summed E-state index contributed by atoms with van der Waals surface area (Å²) in [4.78, 5) is 10.7. The number of methoxy groups -OCH3 is 1. The molecule has 1 aromatic carbocycles. The predicted octanol–water partition coefficient (Wildman–Crippen LogP) is 0.893. The van der Waals surface area contributed by atoms with Gasteiger partial charge in [0.2, 0.25) is 0 Å². The standard InChI is InChI=1S/C13H15NO3/c1-14-7-3-4-10-8-12(17-2)6-5-11(10)9-13(15)16/h5-6,8,14H,7,9H2,1-2H3,(H,15,16). The zero-order valence-electron chi connectivity index (χ0n) is 9.91. The van der Waals surface area contributed by atoms with Gasteiger partial charge in [-0.3, -0.25) is 4.79 Å². The largest absolute Gasteiger partial charge is 0.497 e. The minimum atomic E-state index is -0.869. The van der Waals surface area contributed by atoms with Crippen molar-refractivity contribution in [2.75, 3.05) is 20.7 Å². The summed E-state index contributed by atoms with van der Waals surface area (Å²) in [5, 5.41) is 11.7. The third-order valence-corrected chi connectivity index (χ3v) is 2.15. The van der Waals surface area contributed by atoms with Crippen LogP contribution in [0.2, 0.25) is 0 Å². The topological polar surface area (TPSA) is 58.6 Å². The first kappa shape index (κ1) is 13.1. The Balaban J connectivity index is 3.03. The Morgan fingerprint density at radius 1 is 1.53 bits per heavy atom. The van der Waals surface area contributed by atoms with Crippen molar-refractivity contribution in [3.8, 4) is 17.6 Å². The molecule has 0 heterocycles. The van der Waals surface area contributed by atoms with Crippen molar-refractivity contribution in [2.24, 2.45) is 0 Å². The number of aliphatic carboxylic acids is 1. The summed E-state index contributed by atoms with van der Waals surface area (Å²) in [5.41, 5.74) is 1.39. The van der Waals surface area contributed by atoms with Crippen LogP contribution in [0, 0.1) is 11.8 Å². The van der Waals surface area contributed by atoms with Gasteiger partial charge < -0.3 is 15.2 Å². The van der Waals surface area contributed by atoms with Crippen molar-refractivity contribution in [2.45, 2.75) is 6.42 Å². The molecule has 17 heavy (non-hydrogen) atoms. The van der Waals surface area contributed by atoms with E-state index in [-0.39, 0.29) is 6.42 Å². The molecule has 1 aromatic rings. The summed E-state index contributed by atoms with van der Waals surface area (Å²) in [5.74, 6) is 5.65. The molecule has 2 N–H and O–H groups in total. The van der Waals surface area contributed by atoms with Crippen LogP contribution in [-0.4, -0.2) is 31.8 Å². The molecule has 1 rings (SSSR count). The zero-order chi connectivity index (χ0) is 12.7. The highest BCUT2D eigenvalue weighted by Gasteiger charge is 2.06. The van der Waals surface area contributed by atoms with Crippen molar-refractivity contribution in [3.05, 3.63) is 29.3 Å². The predicted molar refractivity (Wildman–Crippen MR) is 65.1 cm³/mol. The van der Waals surface area contributed by atoms with Crippen molar-refractivity contribution >= 4 is 5.97 Å². The number of rotatable bonds is 4. The fourth-order valence-electron chi connectivity index (χ4n) is 1.34. The lowest BCUT2D eigenvalue weighted by Gasteiger charge is -2.05. The first-order valence-corrected chi connectivity index (χ1v) is 5.19. The molecule has 0 fully saturated rings. The number of carboxylic acids is 1. The van der Waals surface area contributed by atoms with E-state index in [1.54, 1.807) is 32.4 Å². The fourth-order valence-corrected chi connectivity index (χ4v) is 1.34. The summed E-state index contributed by atoms with van der Waals surface area (Å²) >= 11 is 0. The molecule has 0 aliphatic rings. The first-order valence-electron chi connectivity index (χ1n) is 5.19. The van der Waals surface area contributed by atoms with Crippen LogP contribution in [0.4, 0.5) is 0 Å². The molecule has 0 aliphatic heterocycles. The average molecular weight is 233 g/mol. The van der Waals surface area contributed by atoms with Crippen LogP contribution in [-0.2, 0) is 11.2 Å². The van der Waals surface area contributed by atoms with Crippen LogP contribution >= 0.6 is 0 Å². The number of benzene rings is 1. The Labute approximate surface area is 101 Å². The second-order valence-corrected chi connectivity index (χ2v) is 3.43. The number of hydrogen-bond donors (Lipinski definition) is 2. The lowest BCUT2D eigenvalue weighted by Crippen LogP contribution is -2.05. The molecule has 0 spiro atoms. The van der Waals surface area contributed by atoms with Gasteiger partial charge in [0.15, 0.2) is 0 Å². The Hall–Kier alpha value is -1.99. The average Bonchev–Trinajstić information content (AvgIpc) is 2.30. The second kappa shape index (κ2) is 6.56. The zero-order valence-corrected chi connectivity index (χ0v) is 9.91. The van der Waals surface area contributed by atoms with E-state index in [0.717, 1.165) is 0 Å². The maximum absolute atomic E-state index is 10.7. The lowest BCUT2D eigenvalue weighted by molar-refractivity contribution is -0.136. The molecule has 0 radical (unpaired) electrons. The smallest absolute Gasteiger partial charge is 0.307 e. The van der Waals surface area contributed by atoms with Crippen LogP contribution in [0.25, 0.3) is 0 Å². The molecular formula is C13H15NO3. The Morgan fingerprint density at radius 3 is 2.88 bits per heavy atom. The molecule has 0 saturated carbocycles. The molecule has 90 valence electrons. The quantitative estimate of drug-likeness (QED) is 0.758. The van der Waals surface area contributed by atoms with Gasteiger partial charge in [0.1, 0.15) is 5.75 Å². The summed E-state index contributed by atoms with van der Waals surface area (Å²) in [7, 11) is 3.37. The van der Waals surface area contributed by atoms with Crippen molar-refractivity contribution < 1.29 is 14.6 Å². The van der Waals surface area contributed by atoms with Gasteiger partial charge in [-0.2, -0.15) is 0 Å². The Morgan fingerprint density at radius 2 is 2.29 bits per heavy atom. The maximum atomic E-state index is 10.7. The summed E-state index contributed by atoms with van der Waals surface area (Å²) in [6.45, 7) is 0.559. The summed E-state index contributed by atoms with van der Waals surface area (Å²) in [6, 6.07) is 5.22. The van der Waals surface area contributed by atoms with Gasteiger partial charge in [-0.1, -0.05) is 17.9 Å². The van der Waals surface area contributed by atoms with Crippen LogP contribution in [0.1, 0.15) is 11.1 Å². The summed E-state index contributed by atoms with van der Waals surface area (Å²) in [6.07, 6.45) is -0.0342. The second-order valence-electron chi connectivity index (χ2n) is 3.43. The van der Waals surface area contributed by atoms with Crippen LogP contribution in [0.3, 0.4) is 0 Å². The normalized spacial score (nSPS) is 9.29. The highest BCUT2D eigenvalue weighted by molar-refractivity contribution is 5.71. The fraction of sp³-hybridized carbons (Fsp3) is 0.308. The maximum Gasteiger partial charge on any atom is 0.307 e. The van der Waals surface area contributed by atoms with E-state index in [1.165, 1.54) is 0 Å². The first-order chi connectivity index (χ1) is 8.17. The number of ether oxygens (including phenoxy) is 1. The molecule has 0 unspecified atom stereocenters. The van der Waals surface area contributed by atoms with Gasteiger partial charge in [0.05, 0.1) is 20.1 Å². The van der Waals surface area contributed by atoms with Crippen LogP contribution < -0.4 is 10.1 Å². The minimum Gasteiger partial charge on any atom is -0.497 e. The molecular weight excluding hydrogens is 218 g/mol. The minimum absolute atomic E-state index is 0.0342. The van der Waals surface area contributed by atoms with E-state index in [0.29, 0.717) is 23.4 Å². The molecule has 0 amide bonds. The SMILES string of the molecule is CNCC#Cc1cc(OC)ccc1CC(=O)O. The number of carbonyl (C=O) groups is 1. The number of carboxylic acid groups (broad SMARTS) is 1. The molecule has 0 saturated heterocycles. The lowest BCUT2D eigenvalue weighted by atomic mass is 10.0. The van der Waals surface area contributed by atoms with Gasteiger partial charge in [-0.25, -0.2) is 0 Å². The van der Waals surface area contributed by atoms with E-state index < -0.39 is 5.97 Å². The molecule has 0 aromatic heterocycles. The number of nitrogens with one attached hydrogen (secondary N) is 1. The van der Waals surface area contributed by atoms with Crippen LogP contribution in [0.15, 0.2) is 18.2 Å². The monoisotopic (exact) mass is 233 g/mol. The van der Waals surface area contributed by atoms with Gasteiger partial charge in [-0.05, 0) is 24.7 Å². The molecule has 4 heteroatoms. The molecule has 4 nitrogen and oxygen atoms in total.